The van der Waals surface area contributed by atoms with Crippen molar-refractivity contribution >= 4 is 10.0 Å². The molecule has 3 rings (SSSR count). The SMILES string of the molecule is Cc1ncc(CNS(=O)(=O)c2ccccc2)c(C2CCCN2C)n1. The Balaban J connectivity index is 1.83. The van der Waals surface area contributed by atoms with Gasteiger partial charge < -0.3 is 0 Å². The molecule has 0 aliphatic carbocycles. The highest BCUT2D eigenvalue weighted by Crippen LogP contribution is 2.31. The Kier molecular flexibility index (Phi) is 4.93. The van der Waals surface area contributed by atoms with E-state index < -0.39 is 10.0 Å². The van der Waals surface area contributed by atoms with Gasteiger partial charge in [-0.15, -0.1) is 0 Å². The lowest BCUT2D eigenvalue weighted by Crippen LogP contribution is -2.26. The number of hydrogen-bond donors (Lipinski definition) is 1. The molecule has 2 aromatic rings. The molecule has 0 spiro atoms. The molecule has 1 aromatic carbocycles. The fourth-order valence-corrected chi connectivity index (χ4v) is 4.08. The van der Waals surface area contributed by atoms with Gasteiger partial charge in [0.2, 0.25) is 10.0 Å². The topological polar surface area (TPSA) is 75.2 Å². The third kappa shape index (κ3) is 3.63. The predicted molar refractivity (Wildman–Crippen MR) is 91.8 cm³/mol. The fraction of sp³-hybridized carbons (Fsp3) is 0.412. The van der Waals surface area contributed by atoms with Crippen LogP contribution in [0.3, 0.4) is 0 Å². The number of nitrogens with one attached hydrogen (secondary N) is 1. The summed E-state index contributed by atoms with van der Waals surface area (Å²) >= 11 is 0. The summed E-state index contributed by atoms with van der Waals surface area (Å²) in [6.07, 6.45) is 3.89. The number of aryl methyl sites for hydroxylation is 1. The first-order valence-corrected chi connectivity index (χ1v) is 9.53. The molecule has 1 atom stereocenters. The fourth-order valence-electron chi connectivity index (χ4n) is 3.05. The molecule has 0 amide bonds. The van der Waals surface area contributed by atoms with Crippen LogP contribution < -0.4 is 4.72 Å². The first-order chi connectivity index (χ1) is 11.5. The van der Waals surface area contributed by atoms with Crippen molar-refractivity contribution in [1.29, 1.82) is 0 Å². The standard InChI is InChI=1S/C17H22N4O2S/c1-13-18-11-14(17(20-13)16-9-6-10-21(16)2)12-19-24(22,23)15-7-4-3-5-8-15/h3-5,7-8,11,16,19H,6,9-10,12H2,1-2H3. The molecule has 6 nitrogen and oxygen atoms in total. The van der Waals surface area contributed by atoms with Gasteiger partial charge in [-0.3, -0.25) is 4.90 Å². The summed E-state index contributed by atoms with van der Waals surface area (Å²) in [4.78, 5) is 11.4. The molecule has 2 heterocycles. The smallest absolute Gasteiger partial charge is 0.240 e. The average Bonchev–Trinajstić information content (AvgIpc) is 3.00. The Morgan fingerprint density at radius 1 is 1.29 bits per heavy atom. The Morgan fingerprint density at radius 2 is 2.04 bits per heavy atom. The Hall–Kier alpha value is -1.83. The largest absolute Gasteiger partial charge is 0.298 e. The number of likely N-dealkylation sites (tertiary alicyclic amines) is 1. The van der Waals surface area contributed by atoms with Gasteiger partial charge in [-0.25, -0.2) is 23.1 Å². The molecule has 0 saturated carbocycles. The first-order valence-electron chi connectivity index (χ1n) is 8.05. The summed E-state index contributed by atoms with van der Waals surface area (Å²) in [5.41, 5.74) is 1.76. The van der Waals surface area contributed by atoms with Crippen molar-refractivity contribution in [3.8, 4) is 0 Å². The van der Waals surface area contributed by atoms with Gasteiger partial charge in [0.25, 0.3) is 0 Å². The van der Waals surface area contributed by atoms with Gasteiger partial charge >= 0.3 is 0 Å². The zero-order valence-corrected chi connectivity index (χ0v) is 14.8. The van der Waals surface area contributed by atoms with Gasteiger partial charge in [0, 0.05) is 18.3 Å². The minimum absolute atomic E-state index is 0.192. The molecule has 0 bridgehead atoms. The van der Waals surface area contributed by atoms with E-state index in [9.17, 15) is 8.42 Å². The van der Waals surface area contributed by atoms with Gasteiger partial charge in [-0.2, -0.15) is 0 Å². The number of sulfonamides is 1. The molecule has 1 unspecified atom stereocenters. The van der Waals surface area contributed by atoms with Gasteiger partial charge in [0.1, 0.15) is 5.82 Å². The van der Waals surface area contributed by atoms with Crippen molar-refractivity contribution in [3.63, 3.8) is 0 Å². The molecule has 1 aliphatic heterocycles. The maximum Gasteiger partial charge on any atom is 0.240 e. The van der Waals surface area contributed by atoms with Crippen LogP contribution in [0, 0.1) is 6.92 Å². The molecule has 0 radical (unpaired) electrons. The van der Waals surface area contributed by atoms with Crippen LogP contribution in [0.5, 0.6) is 0 Å². The molecule has 1 fully saturated rings. The first kappa shape index (κ1) is 17.0. The second-order valence-electron chi connectivity index (χ2n) is 6.10. The number of rotatable bonds is 5. The lowest BCUT2D eigenvalue weighted by Gasteiger charge is -2.21. The molecule has 128 valence electrons. The molecule has 1 aromatic heterocycles. The van der Waals surface area contributed by atoms with Gasteiger partial charge in [-0.05, 0) is 45.5 Å². The summed E-state index contributed by atoms with van der Waals surface area (Å²) < 4.78 is 27.5. The summed E-state index contributed by atoms with van der Waals surface area (Å²) in [5.74, 6) is 0.708. The average molecular weight is 346 g/mol. The van der Waals surface area contributed by atoms with E-state index in [-0.39, 0.29) is 17.5 Å². The summed E-state index contributed by atoms with van der Waals surface area (Å²) in [6, 6.07) is 8.60. The highest BCUT2D eigenvalue weighted by atomic mass is 32.2. The maximum atomic E-state index is 12.4. The highest BCUT2D eigenvalue weighted by molar-refractivity contribution is 7.89. The van der Waals surface area contributed by atoms with Crippen molar-refractivity contribution in [1.82, 2.24) is 19.6 Å². The van der Waals surface area contributed by atoms with Crippen molar-refractivity contribution < 1.29 is 8.42 Å². The Labute approximate surface area is 143 Å². The van der Waals surface area contributed by atoms with E-state index in [4.69, 9.17) is 0 Å². The van der Waals surface area contributed by atoms with Crippen LogP contribution in [0.2, 0.25) is 0 Å². The number of benzene rings is 1. The normalized spacial score (nSPS) is 18.8. The number of aromatic nitrogens is 2. The van der Waals surface area contributed by atoms with Crippen molar-refractivity contribution in [2.45, 2.75) is 37.2 Å². The monoisotopic (exact) mass is 346 g/mol. The van der Waals surface area contributed by atoms with E-state index >= 15 is 0 Å². The number of hydrogen-bond acceptors (Lipinski definition) is 5. The summed E-state index contributed by atoms with van der Waals surface area (Å²) in [7, 11) is -1.47. The highest BCUT2D eigenvalue weighted by Gasteiger charge is 2.27. The lowest BCUT2D eigenvalue weighted by atomic mass is 10.1. The van der Waals surface area contributed by atoms with Crippen LogP contribution in [0.25, 0.3) is 0 Å². The predicted octanol–water partition coefficient (Wildman–Crippen LogP) is 2.03. The third-order valence-electron chi connectivity index (χ3n) is 4.36. The minimum atomic E-state index is -3.54. The third-order valence-corrected chi connectivity index (χ3v) is 5.78. The molecule has 24 heavy (non-hydrogen) atoms. The van der Waals surface area contributed by atoms with E-state index in [1.807, 2.05) is 6.92 Å². The maximum absolute atomic E-state index is 12.4. The molecular weight excluding hydrogens is 324 g/mol. The van der Waals surface area contributed by atoms with Gasteiger partial charge in [0.05, 0.1) is 16.6 Å². The lowest BCUT2D eigenvalue weighted by molar-refractivity contribution is 0.309. The molecule has 1 aliphatic rings. The Morgan fingerprint density at radius 3 is 2.71 bits per heavy atom. The van der Waals surface area contributed by atoms with Crippen LogP contribution in [-0.4, -0.2) is 36.9 Å². The van der Waals surface area contributed by atoms with Gasteiger partial charge in [-0.1, -0.05) is 18.2 Å². The van der Waals surface area contributed by atoms with Crippen LogP contribution in [0.15, 0.2) is 41.4 Å². The van der Waals surface area contributed by atoms with E-state index in [1.54, 1.807) is 36.5 Å². The van der Waals surface area contributed by atoms with Crippen molar-refractivity contribution in [3.05, 3.63) is 53.6 Å². The zero-order valence-electron chi connectivity index (χ0n) is 13.9. The van der Waals surface area contributed by atoms with Crippen molar-refractivity contribution in [2.75, 3.05) is 13.6 Å². The van der Waals surface area contributed by atoms with Crippen LogP contribution in [0.4, 0.5) is 0 Å². The summed E-state index contributed by atoms with van der Waals surface area (Å²) in [5, 5.41) is 0. The van der Waals surface area contributed by atoms with Crippen LogP contribution in [0.1, 0.15) is 36.0 Å². The van der Waals surface area contributed by atoms with E-state index in [1.165, 1.54) is 0 Å². The van der Waals surface area contributed by atoms with Crippen LogP contribution in [-0.2, 0) is 16.6 Å². The summed E-state index contributed by atoms with van der Waals surface area (Å²) in [6.45, 7) is 3.08. The van der Waals surface area contributed by atoms with Crippen molar-refractivity contribution in [2.24, 2.45) is 0 Å². The quantitative estimate of drug-likeness (QED) is 0.896. The second-order valence-corrected chi connectivity index (χ2v) is 7.87. The van der Waals surface area contributed by atoms with E-state index in [2.05, 4.69) is 26.6 Å². The minimum Gasteiger partial charge on any atom is -0.298 e. The van der Waals surface area contributed by atoms with E-state index in [0.29, 0.717) is 5.82 Å². The molecule has 1 saturated heterocycles. The molecular formula is C17H22N4O2S. The number of nitrogens with zero attached hydrogens (tertiary/aromatic N) is 3. The Bertz CT molecular complexity index is 809. The van der Waals surface area contributed by atoms with E-state index in [0.717, 1.165) is 30.6 Å². The van der Waals surface area contributed by atoms with Crippen LogP contribution >= 0.6 is 0 Å². The second kappa shape index (κ2) is 6.96. The van der Waals surface area contributed by atoms with Gasteiger partial charge in [0.15, 0.2) is 0 Å². The molecule has 7 heteroatoms. The molecule has 1 N–H and O–H groups in total. The zero-order chi connectivity index (χ0) is 17.2.